The number of nitrogens with one attached hydrogen (secondary N) is 2. The number of halogens is 3. The van der Waals surface area contributed by atoms with E-state index in [1.54, 1.807) is 12.1 Å². The maximum atomic E-state index is 13.9. The van der Waals surface area contributed by atoms with Gasteiger partial charge in [0.1, 0.15) is 0 Å². The van der Waals surface area contributed by atoms with Crippen molar-refractivity contribution in [3.63, 3.8) is 0 Å². The molecule has 2 heterocycles. The molecule has 1 aromatic rings. The van der Waals surface area contributed by atoms with Crippen LogP contribution in [-0.2, 0) is 15.7 Å². The molecule has 182 valence electrons. The van der Waals surface area contributed by atoms with Gasteiger partial charge in [-0.3, -0.25) is 4.79 Å². The molecule has 1 aromatic carbocycles. The molecule has 4 rings (SSSR count). The summed E-state index contributed by atoms with van der Waals surface area (Å²) in [6, 6.07) is 5.94. The minimum atomic E-state index is -4.42. The van der Waals surface area contributed by atoms with E-state index >= 15 is 0 Å². The molecule has 0 radical (unpaired) electrons. The lowest BCUT2D eigenvalue weighted by atomic mass is 9.69. The van der Waals surface area contributed by atoms with Crippen LogP contribution < -0.4 is 10.6 Å². The van der Waals surface area contributed by atoms with Crippen molar-refractivity contribution in [3.05, 3.63) is 41.5 Å². The van der Waals surface area contributed by atoms with Gasteiger partial charge in [0.25, 0.3) is 0 Å². The predicted octanol–water partition coefficient (Wildman–Crippen LogP) is 4.98. The van der Waals surface area contributed by atoms with Crippen molar-refractivity contribution in [3.8, 4) is 0 Å². The number of carbonyl (C=O) groups is 1. The molecule has 1 saturated carbocycles. The SMILES string of the molecule is CC(C)[C@]1(C(=O)C2CC(c3ccccc3C(F)(F)F)=CCN2)CC[C@@H](NC2CCOCC2)C1. The van der Waals surface area contributed by atoms with E-state index in [2.05, 4.69) is 24.5 Å². The fourth-order valence-electron chi connectivity index (χ4n) is 5.91. The van der Waals surface area contributed by atoms with Crippen molar-refractivity contribution in [2.24, 2.45) is 11.3 Å². The van der Waals surface area contributed by atoms with E-state index in [1.807, 2.05) is 0 Å². The highest BCUT2D eigenvalue weighted by molar-refractivity contribution is 5.92. The monoisotopic (exact) mass is 464 g/mol. The van der Waals surface area contributed by atoms with Crippen LogP contribution in [0.15, 0.2) is 30.3 Å². The second-order valence-corrected chi connectivity index (χ2v) is 10.1. The van der Waals surface area contributed by atoms with Crippen LogP contribution in [0.2, 0.25) is 0 Å². The summed E-state index contributed by atoms with van der Waals surface area (Å²) in [4.78, 5) is 13.9. The lowest BCUT2D eigenvalue weighted by Crippen LogP contribution is -2.50. The Kier molecular flexibility index (Phi) is 7.32. The number of ketones is 1. The van der Waals surface area contributed by atoms with Crippen molar-refractivity contribution in [2.45, 2.75) is 76.7 Å². The van der Waals surface area contributed by atoms with Crippen molar-refractivity contribution in [2.75, 3.05) is 19.8 Å². The van der Waals surface area contributed by atoms with E-state index in [9.17, 15) is 18.0 Å². The number of carbonyl (C=O) groups excluding carboxylic acids is 1. The third-order valence-corrected chi connectivity index (χ3v) is 7.87. The van der Waals surface area contributed by atoms with Crippen LogP contribution >= 0.6 is 0 Å². The van der Waals surface area contributed by atoms with Gasteiger partial charge < -0.3 is 15.4 Å². The first-order valence-electron chi connectivity index (χ1n) is 12.2. The van der Waals surface area contributed by atoms with E-state index in [0.29, 0.717) is 30.6 Å². The predicted molar refractivity (Wildman–Crippen MR) is 123 cm³/mol. The maximum absolute atomic E-state index is 13.9. The summed E-state index contributed by atoms with van der Waals surface area (Å²) in [7, 11) is 0. The van der Waals surface area contributed by atoms with E-state index in [0.717, 1.165) is 51.4 Å². The first-order valence-corrected chi connectivity index (χ1v) is 12.2. The third-order valence-electron chi connectivity index (χ3n) is 7.87. The van der Waals surface area contributed by atoms with Crippen LogP contribution in [0.4, 0.5) is 13.2 Å². The molecule has 1 saturated heterocycles. The second-order valence-electron chi connectivity index (χ2n) is 10.1. The number of alkyl halides is 3. The molecule has 0 bridgehead atoms. The lowest BCUT2D eigenvalue weighted by Gasteiger charge is -2.37. The first-order chi connectivity index (χ1) is 15.7. The molecule has 33 heavy (non-hydrogen) atoms. The largest absolute Gasteiger partial charge is 0.416 e. The molecule has 2 aliphatic heterocycles. The molecule has 4 nitrogen and oxygen atoms in total. The van der Waals surface area contributed by atoms with Crippen LogP contribution in [0.1, 0.15) is 63.5 Å². The zero-order chi connectivity index (χ0) is 23.6. The van der Waals surface area contributed by atoms with Gasteiger partial charge in [-0.25, -0.2) is 0 Å². The molecule has 2 fully saturated rings. The van der Waals surface area contributed by atoms with Gasteiger partial charge in [0.15, 0.2) is 5.78 Å². The quantitative estimate of drug-likeness (QED) is 0.623. The first kappa shape index (κ1) is 24.4. The molecule has 3 atom stereocenters. The van der Waals surface area contributed by atoms with E-state index in [4.69, 9.17) is 4.74 Å². The van der Waals surface area contributed by atoms with Gasteiger partial charge in [0.05, 0.1) is 11.6 Å². The summed E-state index contributed by atoms with van der Waals surface area (Å²) in [6.07, 6.45) is 2.21. The van der Waals surface area contributed by atoms with Crippen molar-refractivity contribution < 1.29 is 22.7 Å². The van der Waals surface area contributed by atoms with E-state index in [1.165, 1.54) is 12.1 Å². The number of ether oxygens (including phenoxy) is 1. The topological polar surface area (TPSA) is 50.4 Å². The molecule has 0 amide bonds. The molecule has 7 heteroatoms. The molecule has 3 aliphatic rings. The van der Waals surface area contributed by atoms with E-state index in [-0.39, 0.29) is 17.3 Å². The Morgan fingerprint density at radius 3 is 2.58 bits per heavy atom. The summed E-state index contributed by atoms with van der Waals surface area (Å²) >= 11 is 0. The lowest BCUT2D eigenvalue weighted by molar-refractivity contribution is -0.137. The molecular weight excluding hydrogens is 429 g/mol. The minimum Gasteiger partial charge on any atom is -0.381 e. The molecular formula is C26H35F3N2O2. The van der Waals surface area contributed by atoms with Crippen molar-refractivity contribution in [1.29, 1.82) is 0 Å². The Balaban J connectivity index is 1.49. The number of Topliss-reactive ketones (excluding diaryl/α,β-unsaturated/α-hetero) is 1. The number of benzene rings is 1. The highest BCUT2D eigenvalue weighted by Gasteiger charge is 2.50. The van der Waals surface area contributed by atoms with Gasteiger partial charge in [0.2, 0.25) is 0 Å². The number of rotatable bonds is 6. The normalized spacial score (nSPS) is 29.3. The molecule has 1 unspecified atom stereocenters. The summed E-state index contributed by atoms with van der Waals surface area (Å²) in [5, 5.41) is 7.04. The molecule has 1 aliphatic carbocycles. The average Bonchev–Trinajstić information content (AvgIpc) is 3.24. The standard InChI is InChI=1S/C26H35F3N2O2/c1-17(2)25(11-7-20(16-25)31-19-9-13-33-14-10-19)24(32)23-15-18(8-12-30-23)21-5-3-4-6-22(21)26(27,28)29/h3-6,8,17,19-20,23,30-31H,7,9-16H2,1-2H3/t20-,23?,25+/m1/s1. The highest BCUT2D eigenvalue weighted by atomic mass is 19.4. The van der Waals surface area contributed by atoms with Crippen LogP contribution in [-0.4, -0.2) is 43.7 Å². The Labute approximate surface area is 194 Å². The molecule has 0 spiro atoms. The zero-order valence-corrected chi connectivity index (χ0v) is 19.5. The van der Waals surface area contributed by atoms with Gasteiger partial charge in [-0.05, 0) is 61.6 Å². The summed E-state index contributed by atoms with van der Waals surface area (Å²) in [6.45, 7) is 6.16. The second kappa shape index (κ2) is 9.88. The fourth-order valence-corrected chi connectivity index (χ4v) is 5.91. The number of hydrogen-bond acceptors (Lipinski definition) is 4. The smallest absolute Gasteiger partial charge is 0.381 e. The average molecular weight is 465 g/mol. The third kappa shape index (κ3) is 5.20. The van der Waals surface area contributed by atoms with Crippen LogP contribution in [0, 0.1) is 11.3 Å². The molecule has 2 N–H and O–H groups in total. The van der Waals surface area contributed by atoms with Gasteiger partial charge >= 0.3 is 6.18 Å². The molecule has 0 aromatic heterocycles. The van der Waals surface area contributed by atoms with Crippen molar-refractivity contribution >= 4 is 11.4 Å². The Morgan fingerprint density at radius 1 is 1.15 bits per heavy atom. The summed E-state index contributed by atoms with van der Waals surface area (Å²) in [5.74, 6) is 0.328. The minimum absolute atomic E-state index is 0.156. The zero-order valence-electron chi connectivity index (χ0n) is 19.5. The highest BCUT2D eigenvalue weighted by Crippen LogP contribution is 2.47. The Morgan fingerprint density at radius 2 is 1.88 bits per heavy atom. The van der Waals surface area contributed by atoms with Crippen LogP contribution in [0.25, 0.3) is 5.57 Å². The van der Waals surface area contributed by atoms with E-state index < -0.39 is 23.2 Å². The van der Waals surface area contributed by atoms with Gasteiger partial charge in [-0.2, -0.15) is 13.2 Å². The maximum Gasteiger partial charge on any atom is 0.416 e. The van der Waals surface area contributed by atoms with Gasteiger partial charge in [-0.1, -0.05) is 38.1 Å². The van der Waals surface area contributed by atoms with Gasteiger partial charge in [-0.15, -0.1) is 0 Å². The Bertz CT molecular complexity index is 877. The summed E-state index contributed by atoms with van der Waals surface area (Å²) in [5.41, 5.74) is -0.293. The summed E-state index contributed by atoms with van der Waals surface area (Å²) < 4.78 is 46.2. The van der Waals surface area contributed by atoms with Crippen molar-refractivity contribution in [1.82, 2.24) is 10.6 Å². The van der Waals surface area contributed by atoms with Crippen LogP contribution in [0.5, 0.6) is 0 Å². The van der Waals surface area contributed by atoms with Crippen LogP contribution in [0.3, 0.4) is 0 Å². The van der Waals surface area contributed by atoms with Gasteiger partial charge in [0, 0.05) is 37.3 Å². The Hall–Kier alpha value is -1.70. The fraction of sp³-hybridized carbons (Fsp3) is 0.654. The number of hydrogen-bond donors (Lipinski definition) is 2.